The molecule has 1 aromatic heterocycles. The Morgan fingerprint density at radius 1 is 1.25 bits per heavy atom. The second-order valence-electron chi connectivity index (χ2n) is 5.99. The summed E-state index contributed by atoms with van der Waals surface area (Å²) < 4.78 is 6.05. The zero-order valence-electron chi connectivity index (χ0n) is 12.9. The van der Waals surface area contributed by atoms with Crippen LogP contribution in [0, 0.1) is 0 Å². The van der Waals surface area contributed by atoms with E-state index in [0.717, 1.165) is 28.0 Å². The van der Waals surface area contributed by atoms with Gasteiger partial charge in [-0.05, 0) is 12.1 Å². The lowest BCUT2D eigenvalue weighted by Crippen LogP contribution is -2.48. The maximum atomic E-state index is 11.1. The number of furan rings is 1. The molecule has 1 saturated heterocycles. The van der Waals surface area contributed by atoms with E-state index < -0.39 is 6.09 Å². The van der Waals surface area contributed by atoms with Gasteiger partial charge in [-0.25, -0.2) is 10.6 Å². The third kappa shape index (κ3) is 2.46. The predicted molar refractivity (Wildman–Crippen MR) is 90.1 cm³/mol. The maximum absolute atomic E-state index is 11.1. The molecule has 1 amide bonds. The lowest BCUT2D eigenvalue weighted by atomic mass is 10.1. The van der Waals surface area contributed by atoms with Crippen molar-refractivity contribution in [3.63, 3.8) is 0 Å². The predicted octanol–water partition coefficient (Wildman–Crippen LogP) is 2.37. The molecule has 3 heterocycles. The van der Waals surface area contributed by atoms with E-state index in [-0.39, 0.29) is 0 Å². The molecule has 4 rings (SSSR count). The Balaban J connectivity index is 1.70. The first-order valence-electron chi connectivity index (χ1n) is 7.70. The fourth-order valence-corrected chi connectivity index (χ4v) is 3.46. The number of benzene rings is 1. The molecule has 1 aromatic carbocycles. The molecule has 7 nitrogen and oxygen atoms in total. The Morgan fingerprint density at radius 3 is 2.71 bits per heavy atom. The second kappa shape index (κ2) is 5.61. The lowest BCUT2D eigenvalue weighted by Gasteiger charge is -2.37. The largest absolute Gasteiger partial charge is 0.465 e. The highest BCUT2D eigenvalue weighted by molar-refractivity contribution is 6.31. The number of rotatable bonds is 1. The number of halogens is 1. The molecule has 3 N–H and O–H groups in total. The molecule has 1 fully saturated rings. The van der Waals surface area contributed by atoms with Crippen LogP contribution in [0.5, 0.6) is 0 Å². The molecule has 2 aliphatic rings. The van der Waals surface area contributed by atoms with Gasteiger partial charge in [-0.15, -0.1) is 0 Å². The van der Waals surface area contributed by atoms with Crippen LogP contribution < -0.4 is 5.84 Å². The molecule has 0 spiro atoms. The molecule has 126 valence electrons. The Morgan fingerprint density at radius 2 is 2.00 bits per heavy atom. The van der Waals surface area contributed by atoms with Gasteiger partial charge in [0.15, 0.2) is 5.76 Å². The fourth-order valence-electron chi connectivity index (χ4n) is 3.30. The van der Waals surface area contributed by atoms with Crippen LogP contribution in [0.2, 0.25) is 5.02 Å². The van der Waals surface area contributed by atoms with Crippen molar-refractivity contribution in [1.82, 2.24) is 14.8 Å². The minimum absolute atomic E-state index is 0.457. The summed E-state index contributed by atoms with van der Waals surface area (Å²) in [6.45, 7) is 2.67. The summed E-state index contributed by atoms with van der Waals surface area (Å²) in [7, 11) is 0. The summed E-state index contributed by atoms with van der Waals surface area (Å²) in [6, 6.07) is 5.58. The van der Waals surface area contributed by atoms with E-state index in [4.69, 9.17) is 27.0 Å². The summed E-state index contributed by atoms with van der Waals surface area (Å²) in [5, 5.41) is 12.3. The second-order valence-corrected chi connectivity index (χ2v) is 6.43. The number of nitrogens with two attached hydrogens (primary N) is 1. The number of amides is 1. The summed E-state index contributed by atoms with van der Waals surface area (Å²) in [5.74, 6) is 6.85. The third-order valence-corrected chi connectivity index (χ3v) is 4.74. The van der Waals surface area contributed by atoms with Crippen LogP contribution in [-0.4, -0.2) is 52.2 Å². The van der Waals surface area contributed by atoms with Crippen LogP contribution in [0.3, 0.4) is 0 Å². The lowest BCUT2D eigenvalue weighted by molar-refractivity contribution is 0.121. The van der Waals surface area contributed by atoms with Crippen LogP contribution in [-0.2, 0) is 6.54 Å². The van der Waals surface area contributed by atoms with Crippen LogP contribution in [0.15, 0.2) is 28.8 Å². The van der Waals surface area contributed by atoms with Crippen LogP contribution in [0.1, 0.15) is 11.3 Å². The molecule has 0 bridgehead atoms. The van der Waals surface area contributed by atoms with Gasteiger partial charge >= 0.3 is 6.09 Å². The zero-order chi connectivity index (χ0) is 16.8. The number of nitrogens with zero attached hydrogens (tertiary/aromatic N) is 3. The van der Waals surface area contributed by atoms with Gasteiger partial charge in [0.05, 0.1) is 12.2 Å². The Kier molecular flexibility index (Phi) is 3.54. The number of carbonyl (C=O) groups is 1. The van der Waals surface area contributed by atoms with Crippen LogP contribution in [0.25, 0.3) is 16.7 Å². The highest BCUT2D eigenvalue weighted by atomic mass is 35.5. The normalized spacial score (nSPS) is 17.9. The number of hydrogen-bond acceptors (Lipinski definition) is 5. The minimum Gasteiger partial charge on any atom is -0.465 e. The molecule has 8 heteroatoms. The number of carboxylic acid groups (broad SMARTS) is 1. The minimum atomic E-state index is -0.883. The van der Waals surface area contributed by atoms with E-state index in [1.54, 1.807) is 11.1 Å². The number of fused-ring (bicyclic) bond motifs is 3. The van der Waals surface area contributed by atoms with Gasteiger partial charge in [0.1, 0.15) is 5.58 Å². The summed E-state index contributed by atoms with van der Waals surface area (Å²) in [5.41, 5.74) is 2.65. The topological polar surface area (TPSA) is 86.2 Å². The van der Waals surface area contributed by atoms with Crippen molar-refractivity contribution in [3.05, 3.63) is 40.7 Å². The molecule has 2 aliphatic heterocycles. The van der Waals surface area contributed by atoms with Gasteiger partial charge in [-0.2, -0.15) is 0 Å². The molecule has 0 radical (unpaired) electrons. The van der Waals surface area contributed by atoms with E-state index in [0.29, 0.717) is 37.7 Å². The van der Waals surface area contributed by atoms with Crippen molar-refractivity contribution in [3.8, 4) is 0 Å². The molecular weight excluding hydrogens is 332 g/mol. The van der Waals surface area contributed by atoms with Crippen molar-refractivity contribution in [2.45, 2.75) is 6.54 Å². The smallest absolute Gasteiger partial charge is 0.407 e. The van der Waals surface area contributed by atoms with E-state index in [1.165, 1.54) is 4.90 Å². The van der Waals surface area contributed by atoms with E-state index >= 15 is 0 Å². The number of piperazine rings is 1. The van der Waals surface area contributed by atoms with E-state index in [2.05, 4.69) is 4.90 Å². The molecule has 24 heavy (non-hydrogen) atoms. The van der Waals surface area contributed by atoms with Crippen molar-refractivity contribution < 1.29 is 14.3 Å². The summed E-state index contributed by atoms with van der Waals surface area (Å²) in [6.07, 6.45) is 0.967. The van der Waals surface area contributed by atoms with Crippen molar-refractivity contribution in [2.24, 2.45) is 5.84 Å². The van der Waals surface area contributed by atoms with Gasteiger partial charge in [0.25, 0.3) is 0 Å². The molecule has 0 aliphatic carbocycles. The maximum Gasteiger partial charge on any atom is 0.407 e. The third-order valence-electron chi connectivity index (χ3n) is 4.51. The molecule has 0 unspecified atom stereocenters. The van der Waals surface area contributed by atoms with Crippen molar-refractivity contribution in [2.75, 3.05) is 26.2 Å². The first-order valence-corrected chi connectivity index (χ1v) is 8.08. The molecule has 0 atom stereocenters. The quantitative estimate of drug-likeness (QED) is 0.769. The molecule has 2 aromatic rings. The van der Waals surface area contributed by atoms with Crippen molar-refractivity contribution >= 4 is 34.4 Å². The van der Waals surface area contributed by atoms with Gasteiger partial charge in [0, 0.05) is 54.4 Å². The molecule has 0 saturated carbocycles. The average molecular weight is 349 g/mol. The van der Waals surface area contributed by atoms with Crippen molar-refractivity contribution in [1.29, 1.82) is 0 Å². The molecular formula is C16H17ClN4O3. The highest BCUT2D eigenvalue weighted by Gasteiger charge is 2.29. The monoisotopic (exact) mass is 348 g/mol. The Labute approximate surface area is 143 Å². The Bertz CT molecular complexity index is 839. The highest BCUT2D eigenvalue weighted by Crippen LogP contribution is 2.37. The Hall–Kier alpha value is -2.38. The van der Waals surface area contributed by atoms with E-state index in [1.807, 2.05) is 18.3 Å². The van der Waals surface area contributed by atoms with Crippen LogP contribution in [0.4, 0.5) is 4.79 Å². The average Bonchev–Trinajstić information content (AvgIpc) is 2.91. The standard InChI is InChI=1S/C16H17ClN4O3/c17-10-1-2-11-12-8-21(18)9-13(15(12)24-14(11)7-10)19-3-5-20(6-4-19)16(22)23/h1-2,7,9H,3-6,8,18H2,(H,22,23). The van der Waals surface area contributed by atoms with Gasteiger partial charge < -0.3 is 24.3 Å². The van der Waals surface area contributed by atoms with E-state index in [9.17, 15) is 4.79 Å². The van der Waals surface area contributed by atoms with Gasteiger partial charge in [-0.3, -0.25) is 0 Å². The first-order chi connectivity index (χ1) is 11.5. The number of hydrogen-bond donors (Lipinski definition) is 2. The fraction of sp³-hybridized carbons (Fsp3) is 0.312. The summed E-state index contributed by atoms with van der Waals surface area (Å²) >= 11 is 6.06. The zero-order valence-corrected chi connectivity index (χ0v) is 13.7. The number of hydrazine groups is 1. The SMILES string of the molecule is NN1C=C(N2CCN(C(=O)O)CC2)c2oc3cc(Cl)ccc3c2C1. The summed E-state index contributed by atoms with van der Waals surface area (Å²) in [4.78, 5) is 14.6. The first kappa shape index (κ1) is 15.2. The van der Waals surface area contributed by atoms with Crippen LogP contribution >= 0.6 is 11.6 Å². The van der Waals surface area contributed by atoms with Gasteiger partial charge in [0.2, 0.25) is 0 Å². The van der Waals surface area contributed by atoms with Gasteiger partial charge in [-0.1, -0.05) is 11.6 Å².